The van der Waals surface area contributed by atoms with E-state index in [9.17, 15) is 4.79 Å². The van der Waals surface area contributed by atoms with E-state index in [1.54, 1.807) is 6.92 Å². The summed E-state index contributed by atoms with van der Waals surface area (Å²) in [5, 5.41) is 11.1. The normalized spacial score (nSPS) is 15.7. The summed E-state index contributed by atoms with van der Waals surface area (Å²) in [6.07, 6.45) is 0. The van der Waals surface area contributed by atoms with Crippen LogP contribution in [0, 0.1) is 22.7 Å². The van der Waals surface area contributed by atoms with Crippen molar-refractivity contribution >= 4 is 5.91 Å². The highest BCUT2D eigenvalue weighted by molar-refractivity contribution is 5.79. The largest absolute Gasteiger partial charge is 0.340 e. The summed E-state index contributed by atoms with van der Waals surface area (Å²) in [5.41, 5.74) is -0.0563. The van der Waals surface area contributed by atoms with E-state index >= 15 is 0 Å². The maximum absolute atomic E-state index is 11.5. The van der Waals surface area contributed by atoms with Crippen LogP contribution in [0.4, 0.5) is 0 Å². The molecule has 0 aromatic rings. The van der Waals surface area contributed by atoms with E-state index in [1.807, 2.05) is 33.8 Å². The summed E-state index contributed by atoms with van der Waals surface area (Å²) < 4.78 is 0. The predicted molar refractivity (Wildman–Crippen MR) is 51.8 cm³/mol. The Labute approximate surface area is 80.1 Å². The SMILES string of the molecule is CC(C(=O)N[C@@H](C)C#N)C(C)(C)C. The molecule has 0 aromatic carbocycles. The minimum Gasteiger partial charge on any atom is -0.340 e. The molecular weight excluding hydrogens is 164 g/mol. The number of nitrogens with zero attached hydrogens (tertiary/aromatic N) is 1. The number of nitrogens with one attached hydrogen (secondary N) is 1. The van der Waals surface area contributed by atoms with Gasteiger partial charge >= 0.3 is 0 Å². The zero-order chi connectivity index (χ0) is 10.6. The zero-order valence-corrected chi connectivity index (χ0v) is 9.01. The molecule has 0 heterocycles. The minimum atomic E-state index is -0.405. The summed E-state index contributed by atoms with van der Waals surface area (Å²) >= 11 is 0. The monoisotopic (exact) mass is 182 g/mol. The van der Waals surface area contributed by atoms with Crippen LogP contribution in [-0.4, -0.2) is 11.9 Å². The molecule has 0 saturated carbocycles. The summed E-state index contributed by atoms with van der Waals surface area (Å²) in [4.78, 5) is 11.5. The first-order valence-corrected chi connectivity index (χ1v) is 4.49. The number of carbonyl (C=O) groups is 1. The fourth-order valence-electron chi connectivity index (χ4n) is 0.764. The maximum atomic E-state index is 11.5. The summed E-state index contributed by atoms with van der Waals surface area (Å²) in [6.45, 7) is 9.57. The molecule has 0 fully saturated rings. The Bertz CT molecular complexity index is 222. The van der Waals surface area contributed by atoms with Crippen molar-refractivity contribution in [1.82, 2.24) is 5.32 Å². The molecule has 0 spiro atoms. The Balaban J connectivity index is 4.22. The molecule has 0 aliphatic heterocycles. The second-order valence-electron chi connectivity index (χ2n) is 4.45. The molecule has 1 amide bonds. The van der Waals surface area contributed by atoms with E-state index in [2.05, 4.69) is 5.32 Å². The Kier molecular flexibility index (Phi) is 3.93. The van der Waals surface area contributed by atoms with Crippen molar-refractivity contribution in [3.8, 4) is 6.07 Å². The smallest absolute Gasteiger partial charge is 0.224 e. The van der Waals surface area contributed by atoms with E-state index in [1.165, 1.54) is 0 Å². The molecule has 13 heavy (non-hydrogen) atoms. The average molecular weight is 182 g/mol. The lowest BCUT2D eigenvalue weighted by Crippen LogP contribution is -2.40. The number of hydrogen-bond donors (Lipinski definition) is 1. The molecule has 2 atom stereocenters. The van der Waals surface area contributed by atoms with Crippen molar-refractivity contribution < 1.29 is 4.79 Å². The van der Waals surface area contributed by atoms with Crippen molar-refractivity contribution in [2.45, 2.75) is 40.7 Å². The molecular formula is C10H18N2O. The summed E-state index contributed by atoms with van der Waals surface area (Å²) in [6, 6.07) is 1.56. The molecule has 1 unspecified atom stereocenters. The van der Waals surface area contributed by atoms with E-state index in [4.69, 9.17) is 5.26 Å². The van der Waals surface area contributed by atoms with E-state index in [-0.39, 0.29) is 17.2 Å². The maximum Gasteiger partial charge on any atom is 0.224 e. The molecule has 0 aliphatic rings. The topological polar surface area (TPSA) is 52.9 Å². The second-order valence-corrected chi connectivity index (χ2v) is 4.45. The van der Waals surface area contributed by atoms with Gasteiger partial charge in [0.15, 0.2) is 0 Å². The quantitative estimate of drug-likeness (QED) is 0.706. The van der Waals surface area contributed by atoms with E-state index in [0.29, 0.717) is 0 Å². The Morgan fingerprint density at radius 2 is 1.85 bits per heavy atom. The molecule has 0 bridgehead atoms. The van der Waals surface area contributed by atoms with Crippen LogP contribution in [-0.2, 0) is 4.79 Å². The van der Waals surface area contributed by atoms with Crippen molar-refractivity contribution in [3.63, 3.8) is 0 Å². The number of rotatable bonds is 2. The van der Waals surface area contributed by atoms with Gasteiger partial charge < -0.3 is 5.32 Å². The molecule has 0 radical (unpaired) electrons. The average Bonchev–Trinajstić information content (AvgIpc) is 2.01. The lowest BCUT2D eigenvalue weighted by molar-refractivity contribution is -0.127. The van der Waals surface area contributed by atoms with Gasteiger partial charge in [0.05, 0.1) is 6.07 Å². The molecule has 74 valence electrons. The third-order valence-corrected chi connectivity index (χ3v) is 2.24. The minimum absolute atomic E-state index is 0.0541. The highest BCUT2D eigenvalue weighted by atomic mass is 16.1. The first-order valence-electron chi connectivity index (χ1n) is 4.49. The third-order valence-electron chi connectivity index (χ3n) is 2.24. The highest BCUT2D eigenvalue weighted by Gasteiger charge is 2.27. The number of carbonyl (C=O) groups excluding carboxylic acids is 1. The van der Waals surface area contributed by atoms with Crippen LogP contribution >= 0.6 is 0 Å². The lowest BCUT2D eigenvalue weighted by Gasteiger charge is -2.26. The van der Waals surface area contributed by atoms with Crippen molar-refractivity contribution in [2.24, 2.45) is 11.3 Å². The van der Waals surface area contributed by atoms with E-state index in [0.717, 1.165) is 0 Å². The first kappa shape index (κ1) is 12.0. The Morgan fingerprint density at radius 3 is 2.15 bits per heavy atom. The van der Waals surface area contributed by atoms with Gasteiger partial charge in [-0.2, -0.15) is 5.26 Å². The van der Waals surface area contributed by atoms with Crippen LogP contribution in [0.2, 0.25) is 0 Å². The van der Waals surface area contributed by atoms with Crippen molar-refractivity contribution in [3.05, 3.63) is 0 Å². The molecule has 0 rings (SSSR count). The van der Waals surface area contributed by atoms with Gasteiger partial charge in [-0.1, -0.05) is 27.7 Å². The fourth-order valence-corrected chi connectivity index (χ4v) is 0.764. The van der Waals surface area contributed by atoms with Gasteiger partial charge in [-0.25, -0.2) is 0 Å². The number of hydrogen-bond acceptors (Lipinski definition) is 2. The third kappa shape index (κ3) is 3.93. The van der Waals surface area contributed by atoms with Crippen molar-refractivity contribution in [1.29, 1.82) is 5.26 Å². The molecule has 1 N–H and O–H groups in total. The van der Waals surface area contributed by atoms with Crippen molar-refractivity contribution in [2.75, 3.05) is 0 Å². The van der Waals surface area contributed by atoms with Crippen LogP contribution in [0.5, 0.6) is 0 Å². The molecule has 3 nitrogen and oxygen atoms in total. The molecule has 0 aliphatic carbocycles. The lowest BCUT2D eigenvalue weighted by atomic mass is 9.81. The van der Waals surface area contributed by atoms with Gasteiger partial charge in [0.2, 0.25) is 5.91 Å². The van der Waals surface area contributed by atoms with Crippen LogP contribution in [0.3, 0.4) is 0 Å². The fraction of sp³-hybridized carbons (Fsp3) is 0.800. The molecule has 0 saturated heterocycles. The molecule has 0 aromatic heterocycles. The van der Waals surface area contributed by atoms with Gasteiger partial charge in [0, 0.05) is 5.92 Å². The summed E-state index contributed by atoms with van der Waals surface area (Å²) in [5.74, 6) is -0.134. The Hall–Kier alpha value is -1.04. The molecule has 3 heteroatoms. The van der Waals surface area contributed by atoms with Crippen LogP contribution in [0.1, 0.15) is 34.6 Å². The highest BCUT2D eigenvalue weighted by Crippen LogP contribution is 2.25. The van der Waals surface area contributed by atoms with Crippen LogP contribution in [0.15, 0.2) is 0 Å². The Morgan fingerprint density at radius 1 is 1.38 bits per heavy atom. The van der Waals surface area contributed by atoms with Gasteiger partial charge in [-0.3, -0.25) is 4.79 Å². The van der Waals surface area contributed by atoms with Crippen LogP contribution < -0.4 is 5.32 Å². The summed E-state index contributed by atoms with van der Waals surface area (Å²) in [7, 11) is 0. The number of amides is 1. The van der Waals surface area contributed by atoms with Gasteiger partial charge in [0.1, 0.15) is 6.04 Å². The predicted octanol–water partition coefficient (Wildman–Crippen LogP) is 1.70. The van der Waals surface area contributed by atoms with E-state index < -0.39 is 6.04 Å². The first-order chi connectivity index (χ1) is 5.79. The second kappa shape index (κ2) is 4.27. The zero-order valence-electron chi connectivity index (χ0n) is 9.01. The van der Waals surface area contributed by atoms with Crippen LogP contribution in [0.25, 0.3) is 0 Å². The van der Waals surface area contributed by atoms with Gasteiger partial charge in [-0.05, 0) is 12.3 Å². The van der Waals surface area contributed by atoms with Gasteiger partial charge in [0.25, 0.3) is 0 Å². The standard InChI is InChI=1S/C10H18N2O/c1-7(6-11)12-9(13)8(2)10(3,4)5/h7-8H,1-5H3,(H,12,13)/t7-,8?/m0/s1. The number of nitriles is 1. The van der Waals surface area contributed by atoms with Gasteiger partial charge in [-0.15, -0.1) is 0 Å².